The number of thioether (sulfide) groups is 1. The molecule has 32 heavy (non-hydrogen) atoms. The topological polar surface area (TPSA) is 52.8 Å². The van der Waals surface area contributed by atoms with Gasteiger partial charge in [0.05, 0.1) is 23.9 Å². The lowest BCUT2D eigenvalue weighted by atomic mass is 9.60. The third kappa shape index (κ3) is 3.56. The van der Waals surface area contributed by atoms with E-state index in [1.807, 2.05) is 25.4 Å². The van der Waals surface area contributed by atoms with Crippen molar-refractivity contribution >= 4 is 29.1 Å². The van der Waals surface area contributed by atoms with Crippen LogP contribution in [-0.2, 0) is 18.4 Å². The summed E-state index contributed by atoms with van der Waals surface area (Å²) in [5.41, 5.74) is 7.57. The molecule has 1 fully saturated rings. The Hall–Kier alpha value is -2.55. The second-order valence-electron chi connectivity index (χ2n) is 8.73. The van der Waals surface area contributed by atoms with Crippen molar-refractivity contribution in [2.75, 3.05) is 17.7 Å². The molecule has 0 spiro atoms. The van der Waals surface area contributed by atoms with E-state index in [1.165, 1.54) is 23.2 Å². The summed E-state index contributed by atoms with van der Waals surface area (Å²) in [7, 11) is 0. The molecular formula is C26H25ClN4S. The number of anilines is 1. The summed E-state index contributed by atoms with van der Waals surface area (Å²) >= 11 is 8.08. The van der Waals surface area contributed by atoms with Crippen molar-refractivity contribution in [1.29, 1.82) is 5.26 Å². The van der Waals surface area contributed by atoms with Crippen LogP contribution >= 0.6 is 23.4 Å². The Labute approximate surface area is 198 Å². The van der Waals surface area contributed by atoms with E-state index >= 15 is 0 Å². The molecule has 162 valence electrons. The van der Waals surface area contributed by atoms with Gasteiger partial charge in [0.2, 0.25) is 0 Å². The molecule has 4 nitrogen and oxygen atoms in total. The summed E-state index contributed by atoms with van der Waals surface area (Å²) in [5, 5.41) is 11.1. The van der Waals surface area contributed by atoms with E-state index in [-0.39, 0.29) is 5.41 Å². The normalized spacial score (nSPS) is 16.8. The number of halogens is 1. The van der Waals surface area contributed by atoms with E-state index in [1.54, 1.807) is 11.8 Å². The maximum absolute atomic E-state index is 9.55. The fraction of sp³-hybridized carbons (Fsp3) is 0.346. The number of nitrogens with zero attached hydrogens (tertiary/aromatic N) is 4. The molecular weight excluding hydrogens is 436 g/mol. The molecule has 0 saturated heterocycles. The first-order valence-corrected chi connectivity index (χ1v) is 12.6. The van der Waals surface area contributed by atoms with Crippen LogP contribution in [-0.4, -0.2) is 22.8 Å². The number of nitriles is 1. The first-order valence-electron chi connectivity index (χ1n) is 11.0. The van der Waals surface area contributed by atoms with Gasteiger partial charge in [-0.2, -0.15) is 5.26 Å². The Bertz CT molecular complexity index is 1210. The smallest absolute Gasteiger partial charge is 0.187 e. The first kappa shape index (κ1) is 21.3. The first-order chi connectivity index (χ1) is 15.5. The van der Waals surface area contributed by atoms with Gasteiger partial charge in [-0.1, -0.05) is 41.9 Å². The van der Waals surface area contributed by atoms with Crippen LogP contribution in [0.4, 0.5) is 5.69 Å². The van der Waals surface area contributed by atoms with E-state index in [4.69, 9.17) is 16.6 Å². The van der Waals surface area contributed by atoms with Crippen LogP contribution in [0.25, 0.3) is 0 Å². The van der Waals surface area contributed by atoms with Gasteiger partial charge < -0.3 is 4.90 Å². The van der Waals surface area contributed by atoms with Crippen molar-refractivity contribution in [3.05, 3.63) is 81.1 Å². The molecule has 0 bridgehead atoms. The number of hydrogen-bond donors (Lipinski definition) is 0. The van der Waals surface area contributed by atoms with Crippen molar-refractivity contribution in [1.82, 2.24) is 9.97 Å². The van der Waals surface area contributed by atoms with E-state index in [0.29, 0.717) is 10.6 Å². The molecule has 2 aliphatic rings. The van der Waals surface area contributed by atoms with Gasteiger partial charge >= 0.3 is 0 Å². The van der Waals surface area contributed by atoms with Crippen LogP contribution in [0.2, 0.25) is 5.02 Å². The molecule has 1 aliphatic heterocycles. The lowest BCUT2D eigenvalue weighted by Crippen LogP contribution is -2.36. The summed E-state index contributed by atoms with van der Waals surface area (Å²) in [6.45, 7) is 3.70. The van der Waals surface area contributed by atoms with Crippen molar-refractivity contribution in [2.24, 2.45) is 0 Å². The summed E-state index contributed by atoms with van der Waals surface area (Å²) in [6.07, 6.45) is 8.32. The average Bonchev–Trinajstić information content (AvgIpc) is 2.80. The molecule has 0 unspecified atom stereocenters. The van der Waals surface area contributed by atoms with Gasteiger partial charge in [-0.3, -0.25) is 0 Å². The van der Waals surface area contributed by atoms with Crippen LogP contribution in [0.5, 0.6) is 0 Å². The lowest BCUT2D eigenvalue weighted by molar-refractivity contribution is 0.301. The van der Waals surface area contributed by atoms with Crippen molar-refractivity contribution < 1.29 is 0 Å². The second-order valence-corrected chi connectivity index (χ2v) is 9.91. The minimum absolute atomic E-state index is 0.0452. The van der Waals surface area contributed by atoms with Crippen LogP contribution in [0.15, 0.2) is 47.8 Å². The van der Waals surface area contributed by atoms with Crippen molar-refractivity contribution in [3.63, 3.8) is 0 Å². The number of hydrogen-bond acceptors (Lipinski definition) is 5. The molecule has 2 heterocycles. The zero-order valence-corrected chi connectivity index (χ0v) is 19.9. The SMILES string of the molecule is CSc1ncc2c(n1)CN(c1ccc(C3(c4cc(Cl)c(C)c(C#N)c4)CCC3)cc1)CC2. The van der Waals surface area contributed by atoms with E-state index < -0.39 is 0 Å². The molecule has 1 saturated carbocycles. The Morgan fingerprint density at radius 2 is 1.94 bits per heavy atom. The lowest BCUT2D eigenvalue weighted by Gasteiger charge is -2.43. The maximum Gasteiger partial charge on any atom is 0.187 e. The van der Waals surface area contributed by atoms with Crippen LogP contribution in [0.3, 0.4) is 0 Å². The molecule has 2 aromatic carbocycles. The van der Waals surface area contributed by atoms with Gasteiger partial charge in [0.15, 0.2) is 5.16 Å². The zero-order chi connectivity index (χ0) is 22.3. The molecule has 0 N–H and O–H groups in total. The Balaban J connectivity index is 1.43. The maximum atomic E-state index is 9.55. The number of aromatic nitrogens is 2. The predicted octanol–water partition coefficient (Wildman–Crippen LogP) is 6.06. The standard InChI is InChI=1S/C26H25ClN4S/c1-17-19(14-28)12-21(13-23(17)27)26(9-3-10-26)20-4-6-22(7-5-20)31-11-8-18-15-29-25(32-2)30-24(18)16-31/h4-7,12-13,15H,3,8-11,16H2,1-2H3. The minimum atomic E-state index is -0.0452. The Morgan fingerprint density at radius 1 is 1.16 bits per heavy atom. The summed E-state index contributed by atoms with van der Waals surface area (Å²) in [5.74, 6) is 0. The third-order valence-corrected chi connectivity index (χ3v) is 8.07. The quantitative estimate of drug-likeness (QED) is 0.349. The summed E-state index contributed by atoms with van der Waals surface area (Å²) < 4.78 is 0. The van der Waals surface area contributed by atoms with E-state index in [2.05, 4.69) is 46.3 Å². The van der Waals surface area contributed by atoms with Gasteiger partial charge in [0.25, 0.3) is 0 Å². The van der Waals surface area contributed by atoms with Crippen LogP contribution < -0.4 is 4.90 Å². The van der Waals surface area contributed by atoms with Gasteiger partial charge in [-0.05, 0) is 79.0 Å². The predicted molar refractivity (Wildman–Crippen MR) is 131 cm³/mol. The highest BCUT2D eigenvalue weighted by Gasteiger charge is 2.41. The van der Waals surface area contributed by atoms with E-state index in [9.17, 15) is 5.26 Å². The van der Waals surface area contributed by atoms with Crippen LogP contribution in [0.1, 0.15) is 52.8 Å². The molecule has 5 rings (SSSR count). The van der Waals surface area contributed by atoms with Gasteiger partial charge in [0, 0.05) is 28.9 Å². The fourth-order valence-electron chi connectivity index (χ4n) is 4.94. The molecule has 6 heteroatoms. The highest BCUT2D eigenvalue weighted by Crippen LogP contribution is 2.50. The third-order valence-electron chi connectivity index (χ3n) is 7.12. The largest absolute Gasteiger partial charge is 0.365 e. The van der Waals surface area contributed by atoms with Crippen LogP contribution in [0, 0.1) is 18.3 Å². The summed E-state index contributed by atoms with van der Waals surface area (Å²) in [4.78, 5) is 11.5. The highest BCUT2D eigenvalue weighted by molar-refractivity contribution is 7.98. The number of benzene rings is 2. The summed E-state index contributed by atoms with van der Waals surface area (Å²) in [6, 6.07) is 15.4. The van der Waals surface area contributed by atoms with Gasteiger partial charge in [-0.15, -0.1) is 0 Å². The molecule has 0 atom stereocenters. The molecule has 1 aromatic heterocycles. The fourth-order valence-corrected chi connectivity index (χ4v) is 5.52. The molecule has 3 aromatic rings. The Morgan fingerprint density at radius 3 is 2.59 bits per heavy atom. The van der Waals surface area contributed by atoms with E-state index in [0.717, 1.165) is 54.3 Å². The minimum Gasteiger partial charge on any atom is -0.365 e. The van der Waals surface area contributed by atoms with Gasteiger partial charge in [-0.25, -0.2) is 9.97 Å². The van der Waals surface area contributed by atoms with Crippen molar-refractivity contribution in [2.45, 2.75) is 49.7 Å². The molecule has 1 aliphatic carbocycles. The zero-order valence-electron chi connectivity index (χ0n) is 18.4. The molecule has 0 amide bonds. The Kier molecular flexibility index (Phi) is 5.61. The molecule has 0 radical (unpaired) electrons. The van der Waals surface area contributed by atoms with Gasteiger partial charge in [0.1, 0.15) is 0 Å². The van der Waals surface area contributed by atoms with Crippen molar-refractivity contribution in [3.8, 4) is 6.07 Å². The second kappa shape index (κ2) is 8.42. The highest BCUT2D eigenvalue weighted by atomic mass is 35.5. The number of rotatable bonds is 4. The average molecular weight is 461 g/mol. The monoisotopic (exact) mass is 460 g/mol. The number of fused-ring (bicyclic) bond motifs is 1.